The summed E-state index contributed by atoms with van der Waals surface area (Å²) in [5.41, 5.74) is 1.26. The number of rotatable bonds is 5. The maximum atomic E-state index is 9.92. The van der Waals surface area contributed by atoms with Gasteiger partial charge in [0.2, 0.25) is 5.75 Å². The molecule has 4 nitrogen and oxygen atoms in total. The summed E-state index contributed by atoms with van der Waals surface area (Å²) in [6.45, 7) is 9.67. The molecule has 0 spiro atoms. The Morgan fingerprint density at radius 2 is 1.60 bits per heavy atom. The molecule has 1 atom stereocenters. The third-order valence-corrected chi connectivity index (χ3v) is 3.89. The smallest absolute Gasteiger partial charge is 0.200 e. The molecule has 0 heterocycles. The van der Waals surface area contributed by atoms with E-state index >= 15 is 0 Å². The van der Waals surface area contributed by atoms with E-state index in [1.807, 2.05) is 12.1 Å². The molecule has 0 radical (unpaired) electrons. The maximum absolute atomic E-state index is 9.92. The van der Waals surface area contributed by atoms with Crippen molar-refractivity contribution in [3.05, 3.63) is 17.7 Å². The summed E-state index contributed by atoms with van der Waals surface area (Å²) >= 11 is 0. The first-order chi connectivity index (χ1) is 9.20. The van der Waals surface area contributed by atoms with Gasteiger partial charge in [0.05, 0.1) is 14.2 Å². The van der Waals surface area contributed by atoms with Crippen molar-refractivity contribution in [2.75, 3.05) is 21.3 Å². The summed E-state index contributed by atoms with van der Waals surface area (Å²) in [4.78, 5) is 2.28. The van der Waals surface area contributed by atoms with Crippen LogP contribution in [0.4, 0.5) is 0 Å². The van der Waals surface area contributed by atoms with Crippen molar-refractivity contribution in [3.63, 3.8) is 0 Å². The van der Waals surface area contributed by atoms with Crippen LogP contribution < -0.4 is 9.47 Å². The van der Waals surface area contributed by atoms with Gasteiger partial charge in [-0.05, 0) is 37.1 Å². The Bertz CT molecular complexity index is 427. The van der Waals surface area contributed by atoms with Gasteiger partial charge in [0.25, 0.3) is 0 Å². The van der Waals surface area contributed by atoms with Gasteiger partial charge in [-0.2, -0.15) is 0 Å². The van der Waals surface area contributed by atoms with E-state index in [9.17, 15) is 5.11 Å². The summed E-state index contributed by atoms with van der Waals surface area (Å²) in [6, 6.07) is 4.13. The van der Waals surface area contributed by atoms with E-state index in [2.05, 4.69) is 39.6 Å². The van der Waals surface area contributed by atoms with Gasteiger partial charge in [0, 0.05) is 12.6 Å². The zero-order valence-corrected chi connectivity index (χ0v) is 13.7. The fourth-order valence-electron chi connectivity index (χ4n) is 2.13. The Kier molecular flexibility index (Phi) is 5.28. The van der Waals surface area contributed by atoms with Gasteiger partial charge in [0.1, 0.15) is 0 Å². The number of phenols is 1. The van der Waals surface area contributed by atoms with Crippen molar-refractivity contribution in [1.29, 1.82) is 0 Å². The highest BCUT2D eigenvalue weighted by Gasteiger charge is 2.24. The van der Waals surface area contributed by atoms with Crippen LogP contribution in [0.5, 0.6) is 17.2 Å². The summed E-state index contributed by atoms with van der Waals surface area (Å²) < 4.78 is 10.4. The first-order valence-electron chi connectivity index (χ1n) is 6.84. The van der Waals surface area contributed by atoms with Crippen LogP contribution in [0, 0.1) is 5.41 Å². The summed E-state index contributed by atoms with van der Waals surface area (Å²) in [5, 5.41) is 9.92. The Labute approximate surface area is 122 Å². The first-order valence-corrected chi connectivity index (χ1v) is 6.84. The van der Waals surface area contributed by atoms with Crippen molar-refractivity contribution < 1.29 is 14.6 Å². The minimum absolute atomic E-state index is 0.0465. The van der Waals surface area contributed by atoms with E-state index in [0.29, 0.717) is 17.5 Å². The van der Waals surface area contributed by atoms with Crippen LogP contribution in [0.3, 0.4) is 0 Å². The lowest BCUT2D eigenvalue weighted by molar-refractivity contribution is 0.134. The number of ether oxygens (including phenoxy) is 2. The molecule has 0 aliphatic heterocycles. The fraction of sp³-hybridized carbons (Fsp3) is 0.625. The second-order valence-electron chi connectivity index (χ2n) is 6.31. The third kappa shape index (κ3) is 3.79. The molecule has 0 saturated heterocycles. The molecular weight excluding hydrogens is 254 g/mol. The minimum Gasteiger partial charge on any atom is -0.502 e. The molecule has 1 unspecified atom stereocenters. The summed E-state index contributed by atoms with van der Waals surface area (Å²) in [5.74, 6) is 0.928. The number of hydrogen-bond acceptors (Lipinski definition) is 4. The van der Waals surface area contributed by atoms with Gasteiger partial charge >= 0.3 is 0 Å². The molecule has 20 heavy (non-hydrogen) atoms. The summed E-state index contributed by atoms with van der Waals surface area (Å²) in [7, 11) is 5.18. The number of phenolic OH excluding ortho intramolecular Hbond substituents is 1. The topological polar surface area (TPSA) is 41.9 Å². The molecule has 0 aliphatic carbocycles. The van der Waals surface area contributed by atoms with Crippen molar-refractivity contribution >= 4 is 0 Å². The molecule has 0 bridgehead atoms. The van der Waals surface area contributed by atoms with Gasteiger partial charge < -0.3 is 14.6 Å². The zero-order valence-electron chi connectivity index (χ0n) is 13.7. The Hall–Kier alpha value is -1.42. The highest BCUT2D eigenvalue weighted by atomic mass is 16.5. The summed E-state index contributed by atoms with van der Waals surface area (Å²) in [6.07, 6.45) is 0. The van der Waals surface area contributed by atoms with Crippen LogP contribution in [0.25, 0.3) is 0 Å². The van der Waals surface area contributed by atoms with Crippen LogP contribution in [0.15, 0.2) is 12.1 Å². The van der Waals surface area contributed by atoms with Crippen LogP contribution >= 0.6 is 0 Å². The van der Waals surface area contributed by atoms with Crippen LogP contribution in [0.1, 0.15) is 33.3 Å². The number of hydrogen-bond donors (Lipinski definition) is 1. The van der Waals surface area contributed by atoms with Gasteiger partial charge in [-0.1, -0.05) is 20.8 Å². The largest absolute Gasteiger partial charge is 0.502 e. The molecule has 0 fully saturated rings. The Morgan fingerprint density at radius 1 is 1.15 bits per heavy atom. The van der Waals surface area contributed by atoms with Gasteiger partial charge in [-0.15, -0.1) is 0 Å². The van der Waals surface area contributed by atoms with E-state index < -0.39 is 0 Å². The standard InChI is InChI=1S/C16H27NO3/c1-11(16(2,3)4)17(5)10-12-8-13(19-6)15(18)14(9-12)20-7/h8-9,11,18H,10H2,1-7H3. The SMILES string of the molecule is COc1cc(CN(C)C(C)C(C)(C)C)cc(OC)c1O. The third-order valence-electron chi connectivity index (χ3n) is 3.89. The predicted octanol–water partition coefficient (Wildman–Crippen LogP) is 3.28. The quantitative estimate of drug-likeness (QED) is 0.899. The van der Waals surface area contributed by atoms with Crippen LogP contribution in [-0.4, -0.2) is 37.3 Å². The molecular formula is C16H27NO3. The minimum atomic E-state index is 0.0465. The molecule has 1 N–H and O–H groups in total. The molecule has 1 rings (SSSR count). The molecule has 0 amide bonds. The second kappa shape index (κ2) is 6.35. The fourth-order valence-corrected chi connectivity index (χ4v) is 2.13. The molecule has 1 aromatic rings. The van der Waals surface area contributed by atoms with Crippen molar-refractivity contribution in [2.24, 2.45) is 5.41 Å². The second-order valence-corrected chi connectivity index (χ2v) is 6.31. The van der Waals surface area contributed by atoms with Crippen molar-refractivity contribution in [1.82, 2.24) is 4.90 Å². The van der Waals surface area contributed by atoms with Crippen LogP contribution in [-0.2, 0) is 6.54 Å². The Morgan fingerprint density at radius 3 is 1.95 bits per heavy atom. The molecule has 0 aliphatic rings. The zero-order chi connectivity index (χ0) is 15.5. The average Bonchev–Trinajstić information content (AvgIpc) is 2.38. The van der Waals surface area contributed by atoms with Gasteiger partial charge in [-0.25, -0.2) is 0 Å². The normalized spacial score (nSPS) is 13.4. The van der Waals surface area contributed by atoms with E-state index in [1.54, 1.807) is 14.2 Å². The van der Waals surface area contributed by atoms with E-state index in [-0.39, 0.29) is 11.2 Å². The van der Waals surface area contributed by atoms with E-state index in [1.165, 1.54) is 0 Å². The van der Waals surface area contributed by atoms with E-state index in [4.69, 9.17) is 9.47 Å². The average molecular weight is 281 g/mol. The Balaban J connectivity index is 2.98. The number of nitrogens with zero attached hydrogens (tertiary/aromatic N) is 1. The number of benzene rings is 1. The van der Waals surface area contributed by atoms with Crippen molar-refractivity contribution in [2.45, 2.75) is 40.3 Å². The molecule has 1 aromatic carbocycles. The maximum Gasteiger partial charge on any atom is 0.200 e. The first kappa shape index (κ1) is 16.6. The molecule has 114 valence electrons. The highest BCUT2D eigenvalue weighted by molar-refractivity contribution is 5.52. The number of aromatic hydroxyl groups is 1. The molecule has 0 aromatic heterocycles. The number of methoxy groups -OCH3 is 2. The molecule has 4 heteroatoms. The lowest BCUT2D eigenvalue weighted by Crippen LogP contribution is -2.38. The lowest BCUT2D eigenvalue weighted by atomic mass is 9.87. The van der Waals surface area contributed by atoms with Crippen LogP contribution in [0.2, 0.25) is 0 Å². The van der Waals surface area contributed by atoms with Gasteiger partial charge in [0.15, 0.2) is 11.5 Å². The van der Waals surface area contributed by atoms with Crippen molar-refractivity contribution in [3.8, 4) is 17.2 Å². The van der Waals surface area contributed by atoms with E-state index in [0.717, 1.165) is 12.1 Å². The highest BCUT2D eigenvalue weighted by Crippen LogP contribution is 2.37. The molecule has 0 saturated carbocycles. The van der Waals surface area contributed by atoms with Gasteiger partial charge in [-0.3, -0.25) is 4.90 Å². The lowest BCUT2D eigenvalue weighted by Gasteiger charge is -2.35. The predicted molar refractivity (Wildman–Crippen MR) is 81.6 cm³/mol. The monoisotopic (exact) mass is 281 g/mol.